The molecule has 0 saturated carbocycles. The van der Waals surface area contributed by atoms with E-state index in [1.165, 1.54) is 0 Å². The van der Waals surface area contributed by atoms with Gasteiger partial charge in [0.1, 0.15) is 0 Å². The molecule has 2 N–H and O–H groups in total. The van der Waals surface area contributed by atoms with Gasteiger partial charge in [0, 0.05) is 17.8 Å². The summed E-state index contributed by atoms with van der Waals surface area (Å²) in [6.45, 7) is 1.55. The Bertz CT molecular complexity index is 377. The molecule has 1 rings (SSSR count). The lowest BCUT2D eigenvalue weighted by Crippen LogP contribution is -1.99. The van der Waals surface area contributed by atoms with Gasteiger partial charge >= 0.3 is 11.4 Å². The second-order valence-electron chi connectivity index (χ2n) is 2.71. The summed E-state index contributed by atoms with van der Waals surface area (Å²) in [4.78, 5) is 19.3. The molecule has 0 unspecified atom stereocenters. The van der Waals surface area contributed by atoms with E-state index in [-0.39, 0.29) is 5.69 Å². The van der Waals surface area contributed by atoms with E-state index in [2.05, 4.69) is 0 Å². The molecule has 0 saturated heterocycles. The van der Waals surface area contributed by atoms with Crippen LogP contribution in [0.5, 0.6) is 0 Å². The Balaban J connectivity index is 3.46. The fourth-order valence-electron chi connectivity index (χ4n) is 0.990. The molecular formula is C7H7N3O4. The van der Waals surface area contributed by atoms with Crippen molar-refractivity contribution in [3.63, 3.8) is 0 Å². The molecule has 0 radical (unpaired) electrons. The summed E-state index contributed by atoms with van der Waals surface area (Å²) in [5, 5.41) is 20.9. The number of nitrogens with two attached hydrogens (primary N) is 1. The van der Waals surface area contributed by atoms with E-state index in [1.54, 1.807) is 6.92 Å². The molecule has 74 valence electrons. The van der Waals surface area contributed by atoms with Gasteiger partial charge in [-0.3, -0.25) is 20.2 Å². The van der Waals surface area contributed by atoms with E-state index in [9.17, 15) is 20.2 Å². The van der Waals surface area contributed by atoms with Crippen LogP contribution >= 0.6 is 0 Å². The van der Waals surface area contributed by atoms with Crippen LogP contribution in [-0.2, 0) is 0 Å². The highest BCUT2D eigenvalue weighted by Gasteiger charge is 2.24. The molecule has 0 heterocycles. The average molecular weight is 197 g/mol. The van der Waals surface area contributed by atoms with Gasteiger partial charge < -0.3 is 5.73 Å². The van der Waals surface area contributed by atoms with Crippen molar-refractivity contribution >= 4 is 17.1 Å². The molecule has 0 amide bonds. The van der Waals surface area contributed by atoms with E-state index < -0.39 is 21.2 Å². The number of anilines is 1. The highest BCUT2D eigenvalue weighted by atomic mass is 16.6. The van der Waals surface area contributed by atoms with Crippen LogP contribution in [0.4, 0.5) is 17.1 Å². The largest absolute Gasteiger partial charge is 0.398 e. The Morgan fingerprint density at radius 1 is 1.14 bits per heavy atom. The maximum absolute atomic E-state index is 10.5. The maximum Gasteiger partial charge on any atom is 0.348 e. The molecule has 1 aromatic rings. The van der Waals surface area contributed by atoms with Gasteiger partial charge in [-0.25, -0.2) is 0 Å². The molecule has 7 heteroatoms. The molecule has 0 bridgehead atoms. The third kappa shape index (κ3) is 1.60. The third-order valence-electron chi connectivity index (χ3n) is 1.76. The quantitative estimate of drug-likeness (QED) is 0.437. The van der Waals surface area contributed by atoms with Crippen molar-refractivity contribution in [2.75, 3.05) is 5.73 Å². The van der Waals surface area contributed by atoms with Crippen LogP contribution in [0.15, 0.2) is 12.1 Å². The van der Waals surface area contributed by atoms with Crippen LogP contribution in [0.3, 0.4) is 0 Å². The number of nitrogen functional groups attached to an aromatic ring is 1. The molecular weight excluding hydrogens is 190 g/mol. The van der Waals surface area contributed by atoms with Gasteiger partial charge in [-0.1, -0.05) is 0 Å². The minimum atomic E-state index is -0.825. The number of hydrogen-bond donors (Lipinski definition) is 1. The summed E-state index contributed by atoms with van der Waals surface area (Å²) < 4.78 is 0. The number of aryl methyl sites for hydroxylation is 1. The second kappa shape index (κ2) is 3.29. The Labute approximate surface area is 78.4 Å². The number of nitro groups is 2. The Kier molecular flexibility index (Phi) is 2.32. The fraction of sp³-hybridized carbons (Fsp3) is 0.143. The first kappa shape index (κ1) is 9.90. The molecule has 0 aliphatic carbocycles. The van der Waals surface area contributed by atoms with Crippen molar-refractivity contribution in [3.8, 4) is 0 Å². The predicted molar refractivity (Wildman–Crippen MR) is 48.9 cm³/mol. The minimum Gasteiger partial charge on any atom is -0.398 e. The summed E-state index contributed by atoms with van der Waals surface area (Å²) >= 11 is 0. The summed E-state index contributed by atoms with van der Waals surface area (Å²) in [7, 11) is 0. The van der Waals surface area contributed by atoms with Crippen LogP contribution in [0.2, 0.25) is 0 Å². The van der Waals surface area contributed by atoms with Gasteiger partial charge in [-0.2, -0.15) is 0 Å². The fourth-order valence-corrected chi connectivity index (χ4v) is 0.990. The summed E-state index contributed by atoms with van der Waals surface area (Å²) in [5.74, 6) is 0. The summed E-state index contributed by atoms with van der Waals surface area (Å²) in [6, 6.07) is 2.08. The molecule has 0 fully saturated rings. The monoisotopic (exact) mass is 197 g/mol. The Morgan fingerprint density at radius 2 is 1.57 bits per heavy atom. The lowest BCUT2D eigenvalue weighted by Gasteiger charge is -1.99. The van der Waals surface area contributed by atoms with E-state index in [1.807, 2.05) is 0 Å². The topological polar surface area (TPSA) is 112 Å². The first-order chi connectivity index (χ1) is 6.43. The molecule has 0 atom stereocenters. The number of nitro benzene ring substituents is 2. The average Bonchev–Trinajstić information content (AvgIpc) is 2.08. The Hall–Kier alpha value is -2.18. The van der Waals surface area contributed by atoms with Crippen LogP contribution in [0.25, 0.3) is 0 Å². The lowest BCUT2D eigenvalue weighted by molar-refractivity contribution is -0.422. The van der Waals surface area contributed by atoms with Crippen LogP contribution in [0, 0.1) is 27.2 Å². The molecule has 1 aromatic carbocycles. The lowest BCUT2D eigenvalue weighted by atomic mass is 10.1. The second-order valence-corrected chi connectivity index (χ2v) is 2.71. The van der Waals surface area contributed by atoms with Crippen LogP contribution in [-0.4, -0.2) is 9.85 Å². The van der Waals surface area contributed by atoms with Gasteiger partial charge in [0.05, 0.1) is 9.85 Å². The SMILES string of the molecule is Cc1cc([N+](=O)[O-])c([N+](=O)[O-])cc1N. The molecule has 0 spiro atoms. The van der Waals surface area contributed by atoms with Crippen molar-refractivity contribution in [1.29, 1.82) is 0 Å². The smallest absolute Gasteiger partial charge is 0.348 e. The number of nitrogens with zero attached hydrogens (tertiary/aromatic N) is 2. The molecule has 0 aromatic heterocycles. The zero-order valence-electron chi connectivity index (χ0n) is 7.26. The van der Waals surface area contributed by atoms with E-state index in [0.717, 1.165) is 12.1 Å². The van der Waals surface area contributed by atoms with Crippen LogP contribution < -0.4 is 5.73 Å². The normalized spacial score (nSPS) is 9.79. The minimum absolute atomic E-state index is 0.169. The summed E-state index contributed by atoms with van der Waals surface area (Å²) in [5.41, 5.74) is 4.89. The van der Waals surface area contributed by atoms with Crippen molar-refractivity contribution < 1.29 is 9.85 Å². The van der Waals surface area contributed by atoms with Gasteiger partial charge in [0.15, 0.2) is 0 Å². The predicted octanol–water partition coefficient (Wildman–Crippen LogP) is 1.39. The van der Waals surface area contributed by atoms with Crippen molar-refractivity contribution in [2.45, 2.75) is 6.92 Å². The third-order valence-corrected chi connectivity index (χ3v) is 1.76. The standard InChI is InChI=1S/C7H7N3O4/c1-4-2-6(9(11)12)7(10(13)14)3-5(4)8/h2-3H,8H2,1H3. The number of hydrogen-bond acceptors (Lipinski definition) is 5. The van der Waals surface area contributed by atoms with Crippen molar-refractivity contribution in [3.05, 3.63) is 37.9 Å². The van der Waals surface area contributed by atoms with E-state index in [0.29, 0.717) is 5.56 Å². The highest BCUT2D eigenvalue weighted by molar-refractivity contribution is 5.64. The number of benzene rings is 1. The van der Waals surface area contributed by atoms with E-state index in [4.69, 9.17) is 5.73 Å². The zero-order chi connectivity index (χ0) is 10.9. The first-order valence-electron chi connectivity index (χ1n) is 3.62. The van der Waals surface area contributed by atoms with Crippen molar-refractivity contribution in [1.82, 2.24) is 0 Å². The van der Waals surface area contributed by atoms with Gasteiger partial charge in [-0.05, 0) is 12.5 Å². The van der Waals surface area contributed by atoms with Crippen LogP contribution in [0.1, 0.15) is 5.56 Å². The van der Waals surface area contributed by atoms with Gasteiger partial charge in [0.2, 0.25) is 0 Å². The molecule has 0 aliphatic rings. The summed E-state index contributed by atoms with van der Waals surface area (Å²) in [6.07, 6.45) is 0. The number of rotatable bonds is 2. The van der Waals surface area contributed by atoms with E-state index >= 15 is 0 Å². The highest BCUT2D eigenvalue weighted by Crippen LogP contribution is 2.30. The van der Waals surface area contributed by atoms with Gasteiger partial charge in [-0.15, -0.1) is 0 Å². The zero-order valence-corrected chi connectivity index (χ0v) is 7.26. The van der Waals surface area contributed by atoms with Crippen molar-refractivity contribution in [2.24, 2.45) is 0 Å². The maximum atomic E-state index is 10.5. The van der Waals surface area contributed by atoms with Gasteiger partial charge in [0.25, 0.3) is 0 Å². The Morgan fingerprint density at radius 3 is 2.00 bits per heavy atom. The molecule has 7 nitrogen and oxygen atoms in total. The molecule has 14 heavy (non-hydrogen) atoms. The first-order valence-corrected chi connectivity index (χ1v) is 3.62. The molecule has 0 aliphatic heterocycles.